The number of aromatic amines is 1. The second-order valence-electron chi connectivity index (χ2n) is 24.8. The van der Waals surface area contributed by atoms with Gasteiger partial charge in [0, 0.05) is 126 Å². The summed E-state index contributed by atoms with van der Waals surface area (Å²) in [6, 6.07) is 23.5. The van der Waals surface area contributed by atoms with E-state index in [0.29, 0.717) is 41.4 Å². The number of nitrogens with one attached hydrogen (secondary N) is 2. The number of imidazole rings is 1. The lowest BCUT2D eigenvalue weighted by molar-refractivity contribution is -0.141. The number of β-amino-alcohol motifs (C(OH)–C–C–N with tert-alkyl or cyclic N) is 1. The van der Waals surface area contributed by atoms with Gasteiger partial charge in [0.15, 0.2) is 11.6 Å². The fourth-order valence-electron chi connectivity index (χ4n) is 14.1. The van der Waals surface area contributed by atoms with Gasteiger partial charge in [-0.15, -0.1) is 11.3 Å². The molecule has 20 nitrogen and oxygen atoms in total. The van der Waals surface area contributed by atoms with Gasteiger partial charge in [0.05, 0.1) is 63.8 Å². The van der Waals surface area contributed by atoms with Gasteiger partial charge >= 0.3 is 0 Å². The van der Waals surface area contributed by atoms with E-state index >= 15 is 0 Å². The largest absolute Gasteiger partial charge is 0.507 e. The van der Waals surface area contributed by atoms with Gasteiger partial charge in [0.1, 0.15) is 29.6 Å². The highest BCUT2D eigenvalue weighted by molar-refractivity contribution is 7.13. The zero-order valence-corrected chi connectivity index (χ0v) is 49.8. The molecule has 2 bridgehead atoms. The van der Waals surface area contributed by atoms with Crippen LogP contribution in [-0.2, 0) is 20.9 Å². The van der Waals surface area contributed by atoms with Crippen molar-refractivity contribution in [2.24, 2.45) is 5.92 Å². The number of hydrogen-bond acceptors (Lipinski definition) is 17. The number of pyridine rings is 1. The lowest BCUT2D eigenvalue weighted by Gasteiger charge is -2.43. The third kappa shape index (κ3) is 12.0. The molecule has 21 heteroatoms. The third-order valence-corrected chi connectivity index (χ3v) is 19.7. The zero-order chi connectivity index (χ0) is 58.5. The van der Waals surface area contributed by atoms with Crippen LogP contribution < -0.4 is 30.5 Å². The predicted octanol–water partition coefficient (Wildman–Crippen LogP) is 8.85. The number of benzene rings is 2. The highest BCUT2D eigenvalue weighted by Gasteiger charge is 2.45. The molecule has 2 aromatic carbocycles. The van der Waals surface area contributed by atoms with E-state index in [1.165, 1.54) is 4.90 Å². The van der Waals surface area contributed by atoms with E-state index in [1.54, 1.807) is 17.4 Å². The van der Waals surface area contributed by atoms with Crippen LogP contribution in [0, 0.1) is 12.8 Å². The molecule has 1 aliphatic carbocycles. The number of para-hydroxylation sites is 1. The number of nitrogen functional groups attached to an aromatic ring is 1. The number of likely N-dealkylation sites (tertiary alicyclic amines) is 2. The van der Waals surface area contributed by atoms with Crippen LogP contribution in [0.4, 0.5) is 23.0 Å². The second kappa shape index (κ2) is 24.1. The minimum absolute atomic E-state index is 0.0753. The Morgan fingerprint density at radius 2 is 1.61 bits per heavy atom. The molecule has 85 heavy (non-hydrogen) atoms. The maximum atomic E-state index is 14.4. The lowest BCUT2D eigenvalue weighted by Crippen LogP contribution is -2.54. The van der Waals surface area contributed by atoms with Crippen molar-refractivity contribution in [3.8, 4) is 33.3 Å². The molecular formula is C64H79N13O7S. The number of aromatic hydroxyl groups is 1. The van der Waals surface area contributed by atoms with Crippen molar-refractivity contribution >= 4 is 46.2 Å². The Hall–Kier alpha value is -7.46. The Morgan fingerprint density at radius 3 is 2.34 bits per heavy atom. The van der Waals surface area contributed by atoms with Crippen LogP contribution in [0.1, 0.15) is 119 Å². The molecule has 448 valence electrons. The maximum Gasteiger partial charge on any atom is 0.243 e. The number of phenolic OH excluding ortho intramolecular Hbond substituents is 1. The smallest absolute Gasteiger partial charge is 0.243 e. The van der Waals surface area contributed by atoms with Gasteiger partial charge in [0.2, 0.25) is 17.7 Å². The summed E-state index contributed by atoms with van der Waals surface area (Å²) in [5.74, 6) is 1.33. The number of ether oxygens (including phenoxy) is 2. The minimum Gasteiger partial charge on any atom is -0.507 e. The minimum atomic E-state index is -0.811. The molecule has 6 fully saturated rings. The number of nitrogens with two attached hydrogens (primary N) is 1. The molecule has 5 saturated heterocycles. The summed E-state index contributed by atoms with van der Waals surface area (Å²) in [7, 11) is 0. The number of phenols is 1. The summed E-state index contributed by atoms with van der Waals surface area (Å²) in [6.07, 6.45) is 13.7. The standard InChI is InChI=1S/C64H79N13O7S/c1-38(2)60(64(81)76-35-48(78)26-55(76)63(80)69-39(3)41-9-11-42(12-10-41)61-40(4)68-37-85-61)57-30-58(71-84-57)73-23-16-44(17-24-73)75-32-43(67-36-75)31-72-21-18-49(19-22-72)82-50-27-51(28-50)83-59-25-45(15-20-66-59)77-46-13-14-47(77)34-74(33-46)54-29-53(70-62(54)65)52-7-5-6-8-56(52)79/h5-12,15,20,25,29-30,32,36-39,44,46-51,55,60,70,78-79H,13-14,16-19,21-24,26-28,31,33-35,65H2,1-4H3,(H,69,80)/t39-,46?,47?,48+,50-,51-,55-,60-/m0/s1. The molecule has 5 aromatic heterocycles. The van der Waals surface area contributed by atoms with Crippen LogP contribution in [-0.4, -0.2) is 150 Å². The van der Waals surface area contributed by atoms with Crippen molar-refractivity contribution in [3.05, 3.63) is 120 Å². The Balaban J connectivity index is 0.533. The first kappa shape index (κ1) is 56.7. The highest BCUT2D eigenvalue weighted by atomic mass is 32.1. The molecular weight excluding hydrogens is 1090 g/mol. The number of nitrogens with zero attached hydrogens (tertiary/aromatic N) is 10. The highest BCUT2D eigenvalue weighted by Crippen LogP contribution is 2.42. The van der Waals surface area contributed by atoms with Crippen LogP contribution in [0.2, 0.25) is 0 Å². The quantitative estimate of drug-likeness (QED) is 0.0540. The number of carbonyl (C=O) groups is 2. The van der Waals surface area contributed by atoms with E-state index in [-0.39, 0.29) is 60.8 Å². The number of aromatic nitrogens is 6. The number of H-pyrrole nitrogens is 1. The molecule has 0 radical (unpaired) electrons. The van der Waals surface area contributed by atoms with Crippen molar-refractivity contribution in [3.63, 3.8) is 0 Å². The number of aliphatic hydroxyl groups is 1. The first-order valence-electron chi connectivity index (χ1n) is 30.6. The Kier molecular flexibility index (Phi) is 16.1. The Morgan fingerprint density at radius 1 is 0.847 bits per heavy atom. The zero-order valence-electron chi connectivity index (χ0n) is 49.0. The predicted molar refractivity (Wildman–Crippen MR) is 327 cm³/mol. The number of carbonyl (C=O) groups excluding carboxylic acids is 2. The van der Waals surface area contributed by atoms with Crippen molar-refractivity contribution in [1.29, 1.82) is 0 Å². The van der Waals surface area contributed by atoms with E-state index in [2.05, 4.69) is 74.0 Å². The van der Waals surface area contributed by atoms with Crippen molar-refractivity contribution in [1.82, 2.24) is 44.8 Å². The lowest BCUT2D eigenvalue weighted by atomic mass is 9.91. The average molecular weight is 1170 g/mol. The van der Waals surface area contributed by atoms with Gasteiger partial charge in [-0.2, -0.15) is 0 Å². The van der Waals surface area contributed by atoms with Crippen molar-refractivity contribution in [2.45, 2.75) is 153 Å². The molecule has 10 heterocycles. The van der Waals surface area contributed by atoms with Crippen LogP contribution >= 0.6 is 11.3 Å². The number of anilines is 4. The topological polar surface area (TPSA) is 233 Å². The summed E-state index contributed by atoms with van der Waals surface area (Å²) < 4.78 is 21.3. The fraction of sp³-hybridized carbons (Fsp3) is 0.500. The summed E-state index contributed by atoms with van der Waals surface area (Å²) in [5, 5.41) is 28.9. The Labute approximate surface area is 500 Å². The number of piperidine rings is 2. The molecule has 1 saturated carbocycles. The molecule has 2 amide bonds. The molecule has 6 atom stereocenters. The van der Waals surface area contributed by atoms with Crippen molar-refractivity contribution < 1.29 is 33.8 Å². The first-order chi connectivity index (χ1) is 41.2. The van der Waals surface area contributed by atoms with Gasteiger partial charge in [-0.05, 0) is 93.7 Å². The van der Waals surface area contributed by atoms with Crippen LogP contribution in [0.5, 0.6) is 11.6 Å². The maximum absolute atomic E-state index is 14.4. The monoisotopic (exact) mass is 1170 g/mol. The van der Waals surface area contributed by atoms with E-state index in [4.69, 9.17) is 24.7 Å². The number of thiazole rings is 1. The van der Waals surface area contributed by atoms with Gasteiger partial charge < -0.3 is 64.4 Å². The number of aryl methyl sites for hydroxylation is 1. The normalized spacial score (nSPS) is 23.8. The van der Waals surface area contributed by atoms with Crippen LogP contribution in [0.25, 0.3) is 21.7 Å². The molecule has 5 aliphatic heterocycles. The molecule has 0 spiro atoms. The number of hydrogen-bond donors (Lipinski definition) is 5. The number of amides is 2. The van der Waals surface area contributed by atoms with E-state index in [0.717, 1.165) is 147 Å². The summed E-state index contributed by atoms with van der Waals surface area (Å²) in [6.45, 7) is 14.0. The summed E-state index contributed by atoms with van der Waals surface area (Å²) in [5.41, 5.74) is 16.2. The number of piperazine rings is 1. The van der Waals surface area contributed by atoms with Gasteiger partial charge in [-0.1, -0.05) is 55.4 Å². The summed E-state index contributed by atoms with van der Waals surface area (Å²) in [4.78, 5) is 57.7. The molecule has 6 N–H and O–H groups in total. The third-order valence-electron chi connectivity index (χ3n) is 18.8. The van der Waals surface area contributed by atoms with Crippen LogP contribution in [0.15, 0.2) is 102 Å². The number of rotatable bonds is 18. The van der Waals surface area contributed by atoms with E-state index in [9.17, 15) is 19.8 Å². The van der Waals surface area contributed by atoms with Gasteiger partial charge in [0.25, 0.3) is 0 Å². The first-order valence-corrected chi connectivity index (χ1v) is 31.5. The molecule has 2 unspecified atom stereocenters. The second-order valence-corrected chi connectivity index (χ2v) is 25.7. The average Bonchev–Trinajstić information content (AvgIpc) is 3.46. The Bertz CT molecular complexity index is 3440. The van der Waals surface area contributed by atoms with E-state index in [1.807, 2.05) is 94.3 Å². The SMILES string of the molecule is Cc1ncsc1-c1ccc([C@H](C)NC(=O)[C@@H]2C[C@@H](O)CN2C(=O)[C@H](c2cc(N3CCC(n4cnc(CN5CCC(O[C@H]6C[C@H](Oc7cc(N8C9CCC8CN(c8cc(-c%10ccccc%10O)[nH]c8N)C9)ccn7)C6)CC5)c4)CC3)no2)C(C)C)cc1. The fourth-order valence-corrected chi connectivity index (χ4v) is 14.9. The van der Waals surface area contributed by atoms with Gasteiger partial charge in [-0.3, -0.25) is 14.5 Å². The number of aliphatic hydroxyl groups excluding tert-OH is 1. The summed E-state index contributed by atoms with van der Waals surface area (Å²) >= 11 is 1.60. The number of fused-ring (bicyclic) bond motifs is 2. The molecule has 7 aromatic rings. The van der Waals surface area contributed by atoms with E-state index < -0.39 is 18.1 Å². The molecule has 13 rings (SSSR count). The van der Waals surface area contributed by atoms with Crippen molar-refractivity contribution in [2.75, 3.05) is 66.2 Å². The molecule has 6 aliphatic rings. The van der Waals surface area contributed by atoms with Crippen LogP contribution in [0.3, 0.4) is 0 Å². The van der Waals surface area contributed by atoms with Gasteiger partial charge in [-0.25, -0.2) is 15.0 Å².